The fourth-order valence-corrected chi connectivity index (χ4v) is 4.02. The van der Waals surface area contributed by atoms with E-state index in [4.69, 9.17) is 5.11 Å². The molecule has 3 nitrogen and oxygen atoms in total. The predicted octanol–water partition coefficient (Wildman–Crippen LogP) is 6.06. The Bertz CT molecular complexity index is 862. The third kappa shape index (κ3) is 3.64. The van der Waals surface area contributed by atoms with Crippen molar-refractivity contribution >= 4 is 17.3 Å². The molecule has 142 valence electrons. The minimum absolute atomic E-state index is 0.147. The molecule has 0 spiro atoms. The van der Waals surface area contributed by atoms with Crippen LogP contribution in [0.2, 0.25) is 0 Å². The van der Waals surface area contributed by atoms with E-state index in [1.165, 1.54) is 24.0 Å². The summed E-state index contributed by atoms with van der Waals surface area (Å²) >= 11 is 0. The van der Waals surface area contributed by atoms with Crippen molar-refractivity contribution in [3.8, 4) is 0 Å². The molecule has 0 bridgehead atoms. The SMILES string of the molecule is C=CCN(c1ccc(C(=O)O)cc1)c1ccc2c(c1)C(C)(C)CCC2(C)C. The van der Waals surface area contributed by atoms with E-state index < -0.39 is 5.97 Å². The van der Waals surface area contributed by atoms with Crippen LogP contribution in [0.25, 0.3) is 0 Å². The Morgan fingerprint density at radius 1 is 1.00 bits per heavy atom. The number of rotatable bonds is 5. The molecule has 0 aromatic heterocycles. The average molecular weight is 364 g/mol. The van der Waals surface area contributed by atoms with Gasteiger partial charge in [0.25, 0.3) is 0 Å². The maximum absolute atomic E-state index is 11.1. The summed E-state index contributed by atoms with van der Waals surface area (Å²) in [5.41, 5.74) is 5.56. The van der Waals surface area contributed by atoms with Gasteiger partial charge in [-0.2, -0.15) is 0 Å². The zero-order chi connectivity index (χ0) is 19.8. The van der Waals surface area contributed by atoms with E-state index in [2.05, 4.69) is 57.4 Å². The number of hydrogen-bond acceptors (Lipinski definition) is 2. The fourth-order valence-electron chi connectivity index (χ4n) is 4.02. The highest BCUT2D eigenvalue weighted by Gasteiger charge is 2.37. The van der Waals surface area contributed by atoms with Crippen molar-refractivity contribution in [2.45, 2.75) is 51.4 Å². The molecule has 3 heteroatoms. The lowest BCUT2D eigenvalue weighted by Crippen LogP contribution is -2.34. The molecule has 0 saturated heterocycles. The third-order valence-electron chi connectivity index (χ3n) is 5.89. The second-order valence-electron chi connectivity index (χ2n) is 8.75. The molecule has 0 atom stereocenters. The molecule has 1 N–H and O–H groups in total. The largest absolute Gasteiger partial charge is 0.478 e. The van der Waals surface area contributed by atoms with Crippen LogP contribution in [0, 0.1) is 0 Å². The molecule has 0 radical (unpaired) electrons. The number of carboxylic acids is 1. The molecular formula is C24H29NO2. The summed E-state index contributed by atoms with van der Waals surface area (Å²) in [6.07, 6.45) is 4.24. The number of aromatic carboxylic acids is 1. The maximum Gasteiger partial charge on any atom is 0.335 e. The Kier molecular flexibility index (Phi) is 4.90. The van der Waals surface area contributed by atoms with E-state index in [-0.39, 0.29) is 10.8 Å². The first-order chi connectivity index (χ1) is 12.7. The number of nitrogens with zero attached hydrogens (tertiary/aromatic N) is 1. The van der Waals surface area contributed by atoms with Gasteiger partial charge in [0.15, 0.2) is 0 Å². The molecule has 0 saturated carbocycles. The first kappa shape index (κ1) is 19.2. The van der Waals surface area contributed by atoms with Gasteiger partial charge >= 0.3 is 5.97 Å². The molecule has 1 aliphatic rings. The van der Waals surface area contributed by atoms with Gasteiger partial charge in [-0.25, -0.2) is 4.79 Å². The Morgan fingerprint density at radius 2 is 1.56 bits per heavy atom. The second kappa shape index (κ2) is 6.88. The Balaban J connectivity index is 2.07. The Labute approximate surface area is 162 Å². The van der Waals surface area contributed by atoms with Crippen LogP contribution in [0.5, 0.6) is 0 Å². The van der Waals surface area contributed by atoms with E-state index in [0.717, 1.165) is 11.4 Å². The second-order valence-corrected chi connectivity index (χ2v) is 8.75. The van der Waals surface area contributed by atoms with Crippen LogP contribution in [-0.4, -0.2) is 17.6 Å². The summed E-state index contributed by atoms with van der Waals surface area (Å²) < 4.78 is 0. The molecule has 2 aromatic carbocycles. The van der Waals surface area contributed by atoms with Crippen LogP contribution in [0.4, 0.5) is 11.4 Å². The lowest BCUT2D eigenvalue weighted by Gasteiger charge is -2.42. The van der Waals surface area contributed by atoms with Gasteiger partial charge in [0.2, 0.25) is 0 Å². The lowest BCUT2D eigenvalue weighted by atomic mass is 9.63. The molecule has 0 unspecified atom stereocenters. The smallest absolute Gasteiger partial charge is 0.335 e. The minimum Gasteiger partial charge on any atom is -0.478 e. The maximum atomic E-state index is 11.1. The van der Waals surface area contributed by atoms with Gasteiger partial charge in [0.05, 0.1) is 5.56 Å². The van der Waals surface area contributed by atoms with Gasteiger partial charge in [0, 0.05) is 17.9 Å². The zero-order valence-corrected chi connectivity index (χ0v) is 16.7. The van der Waals surface area contributed by atoms with Crippen molar-refractivity contribution in [3.05, 3.63) is 71.8 Å². The summed E-state index contributed by atoms with van der Waals surface area (Å²) in [5.74, 6) is -0.908. The monoisotopic (exact) mass is 363 g/mol. The van der Waals surface area contributed by atoms with E-state index in [1.54, 1.807) is 12.1 Å². The molecule has 3 rings (SSSR count). The summed E-state index contributed by atoms with van der Waals surface area (Å²) in [6, 6.07) is 13.8. The number of benzene rings is 2. The number of carboxylic acid groups (broad SMARTS) is 1. The molecule has 27 heavy (non-hydrogen) atoms. The Morgan fingerprint density at radius 3 is 2.11 bits per heavy atom. The molecule has 1 aliphatic carbocycles. The van der Waals surface area contributed by atoms with E-state index >= 15 is 0 Å². The molecule has 0 amide bonds. The van der Waals surface area contributed by atoms with Crippen LogP contribution < -0.4 is 4.90 Å². The van der Waals surface area contributed by atoms with Crippen LogP contribution in [-0.2, 0) is 10.8 Å². The average Bonchev–Trinajstić information content (AvgIpc) is 2.63. The van der Waals surface area contributed by atoms with Crippen molar-refractivity contribution < 1.29 is 9.90 Å². The third-order valence-corrected chi connectivity index (χ3v) is 5.89. The molecule has 0 aliphatic heterocycles. The van der Waals surface area contributed by atoms with Gasteiger partial charge in [-0.15, -0.1) is 6.58 Å². The standard InChI is InChI=1S/C24H29NO2/c1-6-15-25(18-9-7-17(8-10-18)22(26)27)19-11-12-20-21(16-19)24(4,5)14-13-23(20,2)3/h6-12,16H,1,13-15H2,2-5H3,(H,26,27). The first-order valence-corrected chi connectivity index (χ1v) is 9.52. The number of anilines is 2. The van der Waals surface area contributed by atoms with Crippen LogP contribution >= 0.6 is 0 Å². The number of fused-ring (bicyclic) bond motifs is 1. The van der Waals surface area contributed by atoms with Gasteiger partial charge < -0.3 is 10.0 Å². The number of carbonyl (C=O) groups is 1. The highest BCUT2D eigenvalue weighted by atomic mass is 16.4. The van der Waals surface area contributed by atoms with E-state index in [0.29, 0.717) is 12.1 Å². The van der Waals surface area contributed by atoms with Gasteiger partial charge in [-0.3, -0.25) is 0 Å². The van der Waals surface area contributed by atoms with Crippen LogP contribution in [0.15, 0.2) is 55.1 Å². The van der Waals surface area contributed by atoms with Crippen molar-refractivity contribution in [1.82, 2.24) is 0 Å². The fraction of sp³-hybridized carbons (Fsp3) is 0.375. The first-order valence-electron chi connectivity index (χ1n) is 9.52. The topological polar surface area (TPSA) is 40.5 Å². The predicted molar refractivity (Wildman–Crippen MR) is 112 cm³/mol. The van der Waals surface area contributed by atoms with Crippen molar-refractivity contribution in [2.24, 2.45) is 0 Å². The van der Waals surface area contributed by atoms with Crippen LogP contribution in [0.1, 0.15) is 62.0 Å². The Hall–Kier alpha value is -2.55. The summed E-state index contributed by atoms with van der Waals surface area (Å²) in [5, 5.41) is 9.14. The number of hydrogen-bond donors (Lipinski definition) is 1. The zero-order valence-electron chi connectivity index (χ0n) is 16.7. The summed E-state index contributed by atoms with van der Waals surface area (Å²) in [6.45, 7) is 13.9. The summed E-state index contributed by atoms with van der Waals surface area (Å²) in [7, 11) is 0. The molecule has 0 heterocycles. The highest BCUT2D eigenvalue weighted by molar-refractivity contribution is 5.88. The van der Waals surface area contributed by atoms with E-state index in [9.17, 15) is 4.79 Å². The lowest BCUT2D eigenvalue weighted by molar-refractivity contribution is 0.0697. The van der Waals surface area contributed by atoms with Gasteiger partial charge in [0.1, 0.15) is 0 Å². The van der Waals surface area contributed by atoms with Crippen molar-refractivity contribution in [2.75, 3.05) is 11.4 Å². The quantitative estimate of drug-likeness (QED) is 0.657. The van der Waals surface area contributed by atoms with Gasteiger partial charge in [-0.05, 0) is 71.2 Å². The van der Waals surface area contributed by atoms with Gasteiger partial charge in [-0.1, -0.05) is 39.8 Å². The summed E-state index contributed by atoms with van der Waals surface area (Å²) in [4.78, 5) is 13.3. The molecule has 0 fully saturated rings. The van der Waals surface area contributed by atoms with Crippen molar-refractivity contribution in [1.29, 1.82) is 0 Å². The molecule has 2 aromatic rings. The minimum atomic E-state index is -0.908. The highest BCUT2D eigenvalue weighted by Crippen LogP contribution is 2.47. The molecular weight excluding hydrogens is 334 g/mol. The van der Waals surface area contributed by atoms with Crippen LogP contribution in [0.3, 0.4) is 0 Å². The van der Waals surface area contributed by atoms with Crippen molar-refractivity contribution in [3.63, 3.8) is 0 Å². The van der Waals surface area contributed by atoms with E-state index in [1.807, 2.05) is 18.2 Å². The normalized spacial score (nSPS) is 17.0.